The highest BCUT2D eigenvalue weighted by Crippen LogP contribution is 2.24. The number of rotatable bonds is 4. The monoisotopic (exact) mass is 400 g/mol. The molecule has 2 aliphatic heterocycles. The molecule has 1 atom stereocenters. The topological polar surface area (TPSA) is 54.3 Å². The lowest BCUT2D eigenvalue weighted by Gasteiger charge is -2.35. The average Bonchev–Trinajstić information content (AvgIpc) is 3.03. The van der Waals surface area contributed by atoms with Crippen LogP contribution in [0.1, 0.15) is 6.42 Å². The minimum Gasteiger partial charge on any atom is -0.497 e. The Bertz CT molecular complexity index is 879. The molecule has 0 saturated carbocycles. The number of nitrogens with one attached hydrogen (secondary N) is 1. The summed E-state index contributed by atoms with van der Waals surface area (Å²) in [6.07, 6.45) is 0.260. The molecule has 2 fully saturated rings. The van der Waals surface area contributed by atoms with Crippen molar-refractivity contribution in [2.24, 2.45) is 0 Å². The maximum atomic E-state index is 13.0. The van der Waals surface area contributed by atoms with Crippen molar-refractivity contribution in [1.82, 2.24) is 0 Å². The number of piperazine rings is 1. The molecule has 6 nitrogen and oxygen atoms in total. The highest BCUT2D eigenvalue weighted by Gasteiger charge is 2.46. The predicted octanol–water partition coefficient (Wildman–Crippen LogP) is 1.39. The van der Waals surface area contributed by atoms with Crippen molar-refractivity contribution in [3.8, 4) is 5.75 Å². The maximum absolute atomic E-state index is 13.0. The lowest BCUT2D eigenvalue weighted by molar-refractivity contribution is -0.915. The molecule has 2 aromatic carbocycles. The molecule has 2 aromatic rings. The summed E-state index contributed by atoms with van der Waals surface area (Å²) in [6, 6.07) is 14.5. The van der Waals surface area contributed by atoms with Crippen LogP contribution in [0.2, 0.25) is 5.02 Å². The number of methoxy groups -OCH3 is 1. The lowest BCUT2D eigenvalue weighted by atomic mass is 10.1. The number of imide groups is 1. The van der Waals surface area contributed by atoms with Crippen LogP contribution < -0.4 is 19.4 Å². The fraction of sp³-hybridized carbons (Fsp3) is 0.333. The molecule has 2 heterocycles. The van der Waals surface area contributed by atoms with Crippen LogP contribution in [0.4, 0.5) is 11.4 Å². The minimum atomic E-state index is -0.310. The van der Waals surface area contributed by atoms with Crippen LogP contribution >= 0.6 is 11.6 Å². The number of hydrogen-bond acceptors (Lipinski definition) is 4. The molecular weight excluding hydrogens is 378 g/mol. The van der Waals surface area contributed by atoms with Gasteiger partial charge < -0.3 is 14.5 Å². The van der Waals surface area contributed by atoms with Crippen LogP contribution in [0, 0.1) is 0 Å². The molecule has 28 heavy (non-hydrogen) atoms. The maximum Gasteiger partial charge on any atom is 0.292 e. The fourth-order valence-corrected chi connectivity index (χ4v) is 4.15. The number of nitrogens with zero attached hydrogens (tertiary/aromatic N) is 2. The van der Waals surface area contributed by atoms with E-state index in [0.29, 0.717) is 10.7 Å². The van der Waals surface area contributed by atoms with Gasteiger partial charge in [0, 0.05) is 16.8 Å². The van der Waals surface area contributed by atoms with E-state index in [4.69, 9.17) is 16.3 Å². The Morgan fingerprint density at radius 3 is 2.43 bits per heavy atom. The van der Waals surface area contributed by atoms with E-state index < -0.39 is 0 Å². The summed E-state index contributed by atoms with van der Waals surface area (Å²) in [5.74, 6) is 0.583. The number of carbonyl (C=O) groups excluding carboxylic acids is 2. The summed E-state index contributed by atoms with van der Waals surface area (Å²) in [6.45, 7) is 3.30. The van der Waals surface area contributed by atoms with Crippen molar-refractivity contribution in [1.29, 1.82) is 0 Å². The van der Waals surface area contributed by atoms with Crippen LogP contribution in [0.15, 0.2) is 48.5 Å². The highest BCUT2D eigenvalue weighted by molar-refractivity contribution is 6.30. The Morgan fingerprint density at radius 1 is 1.04 bits per heavy atom. The van der Waals surface area contributed by atoms with Crippen LogP contribution in [0.5, 0.6) is 5.75 Å². The van der Waals surface area contributed by atoms with E-state index in [-0.39, 0.29) is 24.3 Å². The molecule has 0 bridgehead atoms. The summed E-state index contributed by atoms with van der Waals surface area (Å²) in [7, 11) is 1.66. The Morgan fingerprint density at radius 2 is 1.75 bits per heavy atom. The molecule has 7 heteroatoms. The molecule has 2 saturated heterocycles. The van der Waals surface area contributed by atoms with Gasteiger partial charge in [0.2, 0.25) is 5.91 Å². The summed E-state index contributed by atoms with van der Waals surface area (Å²) < 4.78 is 5.31. The third-order valence-electron chi connectivity index (χ3n) is 5.55. The fourth-order valence-electron chi connectivity index (χ4n) is 4.02. The SMILES string of the molecule is COc1cccc(N2CC[NH+]([C@H]3CC(=O)N(c4ccc(Cl)cc4)C3=O)CC2)c1. The first kappa shape index (κ1) is 18.8. The molecule has 0 radical (unpaired) electrons. The Kier molecular flexibility index (Phi) is 5.24. The van der Waals surface area contributed by atoms with E-state index in [1.807, 2.05) is 18.2 Å². The average molecular weight is 401 g/mol. The van der Waals surface area contributed by atoms with Gasteiger partial charge in [0.05, 0.1) is 45.4 Å². The third-order valence-corrected chi connectivity index (χ3v) is 5.80. The van der Waals surface area contributed by atoms with Crippen molar-refractivity contribution in [3.63, 3.8) is 0 Å². The number of carbonyl (C=O) groups is 2. The predicted molar refractivity (Wildman–Crippen MR) is 108 cm³/mol. The standard InChI is InChI=1S/C21H22ClN3O3/c1-28-18-4-2-3-17(13-18)23-9-11-24(12-10-23)19-14-20(26)25(21(19)27)16-7-5-15(22)6-8-16/h2-8,13,19H,9-12,14H2,1H3/p+1/t19-/m0/s1. The highest BCUT2D eigenvalue weighted by atomic mass is 35.5. The number of quaternary nitrogens is 1. The second kappa shape index (κ2) is 7.81. The van der Waals surface area contributed by atoms with Crippen molar-refractivity contribution >= 4 is 34.8 Å². The number of hydrogen-bond donors (Lipinski definition) is 1. The van der Waals surface area contributed by atoms with Gasteiger partial charge >= 0.3 is 0 Å². The third kappa shape index (κ3) is 3.57. The molecule has 2 amide bonds. The molecular formula is C21H23ClN3O3+. The number of anilines is 2. The van der Waals surface area contributed by atoms with Gasteiger partial charge in [-0.05, 0) is 36.4 Å². The molecule has 4 rings (SSSR count). The quantitative estimate of drug-likeness (QED) is 0.788. The van der Waals surface area contributed by atoms with Crippen LogP contribution in [-0.4, -0.2) is 51.1 Å². The lowest BCUT2D eigenvalue weighted by Crippen LogP contribution is -3.19. The van der Waals surface area contributed by atoms with Crippen LogP contribution in [-0.2, 0) is 9.59 Å². The summed E-state index contributed by atoms with van der Waals surface area (Å²) in [5.41, 5.74) is 1.71. The van der Waals surface area contributed by atoms with Crippen molar-refractivity contribution in [3.05, 3.63) is 53.6 Å². The molecule has 0 aromatic heterocycles. The van der Waals surface area contributed by atoms with Gasteiger partial charge in [0.1, 0.15) is 5.75 Å². The van der Waals surface area contributed by atoms with Crippen LogP contribution in [0.3, 0.4) is 0 Å². The second-order valence-electron chi connectivity index (χ2n) is 7.15. The number of ether oxygens (including phenoxy) is 1. The Balaban J connectivity index is 1.42. The second-order valence-corrected chi connectivity index (χ2v) is 7.58. The zero-order valence-corrected chi connectivity index (χ0v) is 16.5. The first-order valence-electron chi connectivity index (χ1n) is 9.43. The van der Waals surface area contributed by atoms with E-state index >= 15 is 0 Å². The molecule has 0 spiro atoms. The number of halogens is 1. The van der Waals surface area contributed by atoms with E-state index in [1.54, 1.807) is 31.4 Å². The molecule has 146 valence electrons. The summed E-state index contributed by atoms with van der Waals surface area (Å²) in [4.78, 5) is 30.2. The van der Waals surface area contributed by atoms with Crippen molar-refractivity contribution in [2.45, 2.75) is 12.5 Å². The van der Waals surface area contributed by atoms with Gasteiger partial charge in [0.25, 0.3) is 5.91 Å². The van der Waals surface area contributed by atoms with E-state index in [1.165, 1.54) is 9.80 Å². The molecule has 0 aliphatic carbocycles. The van der Waals surface area contributed by atoms with E-state index in [2.05, 4.69) is 11.0 Å². The van der Waals surface area contributed by atoms with Gasteiger partial charge in [-0.2, -0.15) is 0 Å². The van der Waals surface area contributed by atoms with Gasteiger partial charge in [0.15, 0.2) is 6.04 Å². The molecule has 0 unspecified atom stereocenters. The first-order valence-corrected chi connectivity index (χ1v) is 9.80. The Labute approximate surface area is 169 Å². The van der Waals surface area contributed by atoms with Gasteiger partial charge in [-0.25, -0.2) is 4.90 Å². The zero-order valence-electron chi connectivity index (χ0n) is 15.7. The largest absolute Gasteiger partial charge is 0.497 e. The molecule has 1 N–H and O–H groups in total. The summed E-state index contributed by atoms with van der Waals surface area (Å²) >= 11 is 5.92. The van der Waals surface area contributed by atoms with E-state index in [0.717, 1.165) is 37.6 Å². The van der Waals surface area contributed by atoms with Crippen LogP contribution in [0.25, 0.3) is 0 Å². The number of benzene rings is 2. The van der Waals surface area contributed by atoms with Gasteiger partial charge in [-0.1, -0.05) is 17.7 Å². The van der Waals surface area contributed by atoms with Gasteiger partial charge in [-0.3, -0.25) is 9.59 Å². The van der Waals surface area contributed by atoms with Crippen molar-refractivity contribution < 1.29 is 19.2 Å². The zero-order chi connectivity index (χ0) is 19.7. The van der Waals surface area contributed by atoms with E-state index in [9.17, 15) is 9.59 Å². The first-order chi connectivity index (χ1) is 13.6. The normalized spacial score (nSPS) is 20.7. The number of amides is 2. The Hall–Kier alpha value is -2.57. The summed E-state index contributed by atoms with van der Waals surface area (Å²) in [5, 5.41) is 0.582. The minimum absolute atomic E-state index is 0.114. The van der Waals surface area contributed by atoms with Gasteiger partial charge in [-0.15, -0.1) is 0 Å². The smallest absolute Gasteiger partial charge is 0.292 e. The molecule has 2 aliphatic rings. The van der Waals surface area contributed by atoms with Crippen molar-refractivity contribution in [2.75, 3.05) is 43.1 Å².